The number of primary amides is 1. The van der Waals surface area contributed by atoms with E-state index in [0.717, 1.165) is 0 Å². The van der Waals surface area contributed by atoms with Crippen LogP contribution >= 0.6 is 11.6 Å². The SMILES string of the molecule is CC(C)C[C@H](NC(=O)c1ccccc1Cl)C(N)=O. The number of rotatable bonds is 5. The average Bonchev–Trinajstić information content (AvgIpc) is 2.27. The Hall–Kier alpha value is -1.55. The number of amides is 2. The van der Waals surface area contributed by atoms with E-state index < -0.39 is 11.9 Å². The molecule has 0 fully saturated rings. The molecule has 18 heavy (non-hydrogen) atoms. The normalized spacial score (nSPS) is 12.2. The number of carbonyl (C=O) groups excluding carboxylic acids is 2. The predicted octanol–water partition coefficient (Wildman–Crippen LogP) is 1.97. The Balaban J connectivity index is 2.79. The molecule has 0 aliphatic heterocycles. The second-order valence-electron chi connectivity index (χ2n) is 4.54. The lowest BCUT2D eigenvalue weighted by molar-refractivity contribution is -0.120. The molecule has 0 radical (unpaired) electrons. The molecule has 3 N–H and O–H groups in total. The molecule has 0 bridgehead atoms. The topological polar surface area (TPSA) is 72.2 Å². The largest absolute Gasteiger partial charge is 0.368 e. The lowest BCUT2D eigenvalue weighted by Gasteiger charge is -2.17. The summed E-state index contributed by atoms with van der Waals surface area (Å²) in [6.07, 6.45) is 0.505. The zero-order valence-corrected chi connectivity index (χ0v) is 11.2. The highest BCUT2D eigenvalue weighted by Gasteiger charge is 2.20. The van der Waals surface area contributed by atoms with Crippen molar-refractivity contribution in [2.45, 2.75) is 26.3 Å². The summed E-state index contributed by atoms with van der Waals surface area (Å²) in [7, 11) is 0. The van der Waals surface area contributed by atoms with Crippen LogP contribution in [0.5, 0.6) is 0 Å². The molecule has 4 nitrogen and oxygen atoms in total. The van der Waals surface area contributed by atoms with Gasteiger partial charge in [0.1, 0.15) is 6.04 Å². The van der Waals surface area contributed by atoms with Crippen molar-refractivity contribution >= 4 is 23.4 Å². The van der Waals surface area contributed by atoms with Gasteiger partial charge in [0.05, 0.1) is 10.6 Å². The Morgan fingerprint density at radius 1 is 1.33 bits per heavy atom. The third-order valence-corrected chi connectivity index (χ3v) is 2.80. The number of hydrogen-bond donors (Lipinski definition) is 2. The van der Waals surface area contributed by atoms with E-state index in [1.807, 2.05) is 13.8 Å². The molecular weight excluding hydrogens is 252 g/mol. The molecule has 0 spiro atoms. The maximum atomic E-state index is 12.0. The first kappa shape index (κ1) is 14.5. The van der Waals surface area contributed by atoms with E-state index in [4.69, 9.17) is 17.3 Å². The molecule has 0 saturated heterocycles. The van der Waals surface area contributed by atoms with Gasteiger partial charge >= 0.3 is 0 Å². The fourth-order valence-corrected chi connectivity index (χ4v) is 1.82. The highest BCUT2D eigenvalue weighted by Crippen LogP contribution is 2.15. The number of nitrogens with two attached hydrogens (primary N) is 1. The molecule has 0 saturated carbocycles. The average molecular weight is 269 g/mol. The summed E-state index contributed by atoms with van der Waals surface area (Å²) in [5.41, 5.74) is 5.60. The van der Waals surface area contributed by atoms with Gasteiger partial charge in [-0.1, -0.05) is 37.6 Å². The smallest absolute Gasteiger partial charge is 0.253 e. The summed E-state index contributed by atoms with van der Waals surface area (Å²) in [5.74, 6) is -0.664. The molecule has 2 amide bonds. The van der Waals surface area contributed by atoms with E-state index in [2.05, 4.69) is 5.32 Å². The van der Waals surface area contributed by atoms with Crippen molar-refractivity contribution in [1.29, 1.82) is 0 Å². The fraction of sp³-hybridized carbons (Fsp3) is 0.385. The number of benzene rings is 1. The first-order valence-electron chi connectivity index (χ1n) is 5.76. The molecular formula is C13H17ClN2O2. The zero-order valence-electron chi connectivity index (χ0n) is 10.4. The van der Waals surface area contributed by atoms with Gasteiger partial charge in [0.25, 0.3) is 5.91 Å². The van der Waals surface area contributed by atoms with Gasteiger partial charge in [0.2, 0.25) is 5.91 Å². The summed E-state index contributed by atoms with van der Waals surface area (Å²) < 4.78 is 0. The molecule has 0 aliphatic rings. The Kier molecular flexibility index (Phi) is 5.16. The number of halogens is 1. The van der Waals surface area contributed by atoms with Crippen LogP contribution in [0.15, 0.2) is 24.3 Å². The molecule has 0 unspecified atom stereocenters. The monoisotopic (exact) mass is 268 g/mol. The van der Waals surface area contributed by atoms with E-state index in [0.29, 0.717) is 17.0 Å². The maximum absolute atomic E-state index is 12.0. The van der Waals surface area contributed by atoms with E-state index >= 15 is 0 Å². The highest BCUT2D eigenvalue weighted by molar-refractivity contribution is 6.33. The summed E-state index contributed by atoms with van der Waals surface area (Å²) in [5, 5.41) is 2.96. The van der Waals surface area contributed by atoms with Crippen molar-refractivity contribution < 1.29 is 9.59 Å². The van der Waals surface area contributed by atoms with E-state index in [9.17, 15) is 9.59 Å². The van der Waals surface area contributed by atoms with Crippen molar-refractivity contribution in [3.8, 4) is 0 Å². The fourth-order valence-electron chi connectivity index (χ4n) is 1.60. The van der Waals surface area contributed by atoms with Crippen LogP contribution in [0.3, 0.4) is 0 Å². The van der Waals surface area contributed by atoms with Gasteiger partial charge in [-0.15, -0.1) is 0 Å². The Morgan fingerprint density at radius 3 is 2.44 bits per heavy atom. The molecule has 1 atom stereocenters. The van der Waals surface area contributed by atoms with Crippen molar-refractivity contribution in [2.24, 2.45) is 11.7 Å². The Morgan fingerprint density at radius 2 is 1.94 bits per heavy atom. The lowest BCUT2D eigenvalue weighted by atomic mass is 10.0. The third kappa shape index (κ3) is 4.04. The minimum absolute atomic E-state index is 0.258. The van der Waals surface area contributed by atoms with E-state index in [-0.39, 0.29) is 11.8 Å². The zero-order chi connectivity index (χ0) is 13.7. The maximum Gasteiger partial charge on any atom is 0.253 e. The lowest BCUT2D eigenvalue weighted by Crippen LogP contribution is -2.45. The summed E-state index contributed by atoms with van der Waals surface area (Å²) in [6, 6.07) is 6.00. The van der Waals surface area contributed by atoms with E-state index in [1.165, 1.54) is 0 Å². The van der Waals surface area contributed by atoms with Gasteiger partial charge in [-0.05, 0) is 24.5 Å². The molecule has 1 rings (SSSR count). The van der Waals surface area contributed by atoms with Crippen molar-refractivity contribution in [3.05, 3.63) is 34.9 Å². The predicted molar refractivity (Wildman–Crippen MR) is 71.4 cm³/mol. The quantitative estimate of drug-likeness (QED) is 0.857. The number of nitrogens with one attached hydrogen (secondary N) is 1. The second kappa shape index (κ2) is 6.40. The van der Waals surface area contributed by atoms with Gasteiger partial charge in [0.15, 0.2) is 0 Å². The Labute approximate surface area is 112 Å². The van der Waals surface area contributed by atoms with Gasteiger partial charge in [-0.25, -0.2) is 0 Å². The van der Waals surface area contributed by atoms with Crippen molar-refractivity contribution in [2.75, 3.05) is 0 Å². The molecule has 1 aromatic carbocycles. The molecule has 1 aromatic rings. The molecule has 0 aliphatic carbocycles. The summed E-state index contributed by atoms with van der Waals surface area (Å²) >= 11 is 5.91. The van der Waals surface area contributed by atoms with Crippen LogP contribution in [0.4, 0.5) is 0 Å². The van der Waals surface area contributed by atoms with Gasteiger partial charge in [0, 0.05) is 0 Å². The second-order valence-corrected chi connectivity index (χ2v) is 4.95. The minimum Gasteiger partial charge on any atom is -0.368 e. The first-order valence-corrected chi connectivity index (χ1v) is 6.14. The minimum atomic E-state index is -0.672. The van der Waals surface area contributed by atoms with Crippen LogP contribution in [0.1, 0.15) is 30.6 Å². The van der Waals surface area contributed by atoms with Crippen LogP contribution < -0.4 is 11.1 Å². The first-order chi connectivity index (χ1) is 8.41. The van der Waals surface area contributed by atoms with Crippen molar-refractivity contribution in [3.63, 3.8) is 0 Å². The van der Waals surface area contributed by atoms with Crippen LogP contribution in [-0.4, -0.2) is 17.9 Å². The summed E-state index contributed by atoms with van der Waals surface area (Å²) in [4.78, 5) is 23.2. The summed E-state index contributed by atoms with van der Waals surface area (Å²) in [6.45, 7) is 3.91. The standard InChI is InChI=1S/C13H17ClN2O2/c1-8(2)7-11(12(15)17)16-13(18)9-5-3-4-6-10(9)14/h3-6,8,11H,7H2,1-2H3,(H2,15,17)(H,16,18)/t11-/m0/s1. The Bertz CT molecular complexity index is 446. The third-order valence-electron chi connectivity index (χ3n) is 2.47. The van der Waals surface area contributed by atoms with Crippen LogP contribution in [-0.2, 0) is 4.79 Å². The highest BCUT2D eigenvalue weighted by atomic mass is 35.5. The van der Waals surface area contributed by atoms with Gasteiger partial charge < -0.3 is 11.1 Å². The van der Waals surface area contributed by atoms with Crippen LogP contribution in [0.2, 0.25) is 5.02 Å². The molecule has 5 heteroatoms. The van der Waals surface area contributed by atoms with Gasteiger partial charge in [-0.3, -0.25) is 9.59 Å². The van der Waals surface area contributed by atoms with Crippen LogP contribution in [0.25, 0.3) is 0 Å². The van der Waals surface area contributed by atoms with Crippen molar-refractivity contribution in [1.82, 2.24) is 5.32 Å². The molecule has 0 aromatic heterocycles. The molecule has 98 valence electrons. The van der Waals surface area contributed by atoms with E-state index in [1.54, 1.807) is 24.3 Å². The van der Waals surface area contributed by atoms with Crippen LogP contribution in [0, 0.1) is 5.92 Å². The van der Waals surface area contributed by atoms with Gasteiger partial charge in [-0.2, -0.15) is 0 Å². The number of carbonyl (C=O) groups is 2. The molecule has 0 heterocycles. The number of hydrogen-bond acceptors (Lipinski definition) is 2.